The lowest BCUT2D eigenvalue weighted by Gasteiger charge is -2.70. The number of aliphatic hydroxyl groups is 6. The van der Waals surface area contributed by atoms with Crippen molar-refractivity contribution in [1.82, 2.24) is 0 Å². The van der Waals surface area contributed by atoms with Crippen LogP contribution in [0.15, 0.2) is 0 Å². The van der Waals surface area contributed by atoms with Gasteiger partial charge >= 0.3 is 17.9 Å². The average Bonchev–Trinajstić information content (AvgIpc) is 3.73. The molecule has 0 amide bonds. The molecule has 7 rings (SSSR count). The van der Waals surface area contributed by atoms with Crippen molar-refractivity contribution in [2.75, 3.05) is 13.2 Å². The van der Waals surface area contributed by atoms with Gasteiger partial charge in [0, 0.05) is 18.8 Å². The molecular formula is C44H70O16. The largest absolute Gasteiger partial charge is 0.465 e. The lowest BCUT2D eigenvalue weighted by atomic mass is 9.34. The Bertz CT molecular complexity index is 1590. The van der Waals surface area contributed by atoms with Gasteiger partial charge in [-0.3, -0.25) is 14.4 Å². The number of ether oxygens (including phenoxy) is 7. The Hall–Kier alpha value is -1.99. The Kier molecular flexibility index (Phi) is 12.9. The van der Waals surface area contributed by atoms with E-state index in [1.165, 1.54) is 13.8 Å². The molecule has 21 unspecified atom stereocenters. The fraction of sp³-hybridized carbons (Fsp3) is 0.932. The number of carbonyl (C=O) groups is 3. The molecule has 0 radical (unpaired) electrons. The summed E-state index contributed by atoms with van der Waals surface area (Å²) in [5.74, 6) is -0.856. The third kappa shape index (κ3) is 7.63. The summed E-state index contributed by atoms with van der Waals surface area (Å²) in [6.07, 6.45) is -9.45. The molecule has 0 aromatic rings. The van der Waals surface area contributed by atoms with Crippen molar-refractivity contribution in [1.29, 1.82) is 0 Å². The first-order valence-corrected chi connectivity index (χ1v) is 22.3. The molecule has 3 aliphatic carbocycles. The van der Waals surface area contributed by atoms with E-state index in [4.69, 9.17) is 33.2 Å². The maximum Gasteiger partial charge on any atom is 0.309 e. The highest BCUT2D eigenvalue weighted by molar-refractivity contribution is 5.74. The Balaban J connectivity index is 1.13. The maximum absolute atomic E-state index is 13.3. The molecule has 7 fully saturated rings. The minimum Gasteiger partial charge on any atom is -0.465 e. The second-order valence-corrected chi connectivity index (χ2v) is 20.7. The van der Waals surface area contributed by atoms with E-state index in [1.807, 2.05) is 6.92 Å². The van der Waals surface area contributed by atoms with Gasteiger partial charge in [-0.15, -0.1) is 0 Å². The van der Waals surface area contributed by atoms with Gasteiger partial charge in [0.05, 0.1) is 37.8 Å². The summed E-state index contributed by atoms with van der Waals surface area (Å²) in [6.45, 7) is 15.6. The van der Waals surface area contributed by atoms with Gasteiger partial charge in [-0.25, -0.2) is 0 Å². The van der Waals surface area contributed by atoms with Crippen LogP contribution in [0.5, 0.6) is 0 Å². The van der Waals surface area contributed by atoms with Gasteiger partial charge in [-0.2, -0.15) is 0 Å². The van der Waals surface area contributed by atoms with Crippen LogP contribution in [0.1, 0.15) is 113 Å². The van der Waals surface area contributed by atoms with Crippen LogP contribution < -0.4 is 0 Å². The van der Waals surface area contributed by atoms with Crippen molar-refractivity contribution < 1.29 is 78.2 Å². The summed E-state index contributed by atoms with van der Waals surface area (Å²) in [5.41, 5.74) is -1.48. The highest BCUT2D eigenvalue weighted by Crippen LogP contribution is 2.74. The predicted molar refractivity (Wildman–Crippen MR) is 209 cm³/mol. The fourth-order valence-electron chi connectivity index (χ4n) is 13.8. The first-order chi connectivity index (χ1) is 28.1. The number of cyclic esters (lactones) is 2. The van der Waals surface area contributed by atoms with E-state index in [0.717, 1.165) is 32.1 Å². The molecule has 0 aromatic carbocycles. The molecular weight excluding hydrogens is 784 g/mol. The zero-order valence-corrected chi connectivity index (χ0v) is 36.4. The van der Waals surface area contributed by atoms with E-state index in [2.05, 4.69) is 34.6 Å². The summed E-state index contributed by atoms with van der Waals surface area (Å²) in [4.78, 5) is 38.2. The van der Waals surface area contributed by atoms with Gasteiger partial charge in [0.15, 0.2) is 12.6 Å². The number of fused-ring (bicyclic) bond motifs is 4. The first-order valence-electron chi connectivity index (χ1n) is 22.3. The molecule has 1 spiro atoms. The van der Waals surface area contributed by atoms with Crippen LogP contribution >= 0.6 is 0 Å². The van der Waals surface area contributed by atoms with E-state index in [1.54, 1.807) is 0 Å². The monoisotopic (exact) mass is 854 g/mol. The Labute approximate surface area is 352 Å². The predicted octanol–water partition coefficient (Wildman–Crippen LogP) is 2.13. The maximum atomic E-state index is 13.3. The summed E-state index contributed by atoms with van der Waals surface area (Å²) < 4.78 is 42.2. The number of rotatable bonds is 10. The van der Waals surface area contributed by atoms with E-state index < -0.39 is 97.0 Å². The van der Waals surface area contributed by atoms with Crippen LogP contribution in [0, 0.1) is 51.2 Å². The lowest BCUT2D eigenvalue weighted by molar-refractivity contribution is -0.376. The molecule has 16 heteroatoms. The van der Waals surface area contributed by atoms with Crippen LogP contribution in [0.3, 0.4) is 0 Å². The SMILES string of the molecule is CC(=O)OC(CC1CC(C)C(=O)O1)C(C)C1CCC2C3(C)CCC(OC4OC(CO)C(O)C(O)C4OC4OC(C)C(O)C(O)C4O)C(C)(C)C3CCC2(C)C12COC(=O)C2. The second-order valence-electron chi connectivity index (χ2n) is 20.7. The van der Waals surface area contributed by atoms with E-state index in [9.17, 15) is 45.0 Å². The van der Waals surface area contributed by atoms with Crippen LogP contribution in [0.2, 0.25) is 0 Å². The topological polar surface area (TPSA) is 237 Å². The molecule has 342 valence electrons. The number of hydrogen-bond acceptors (Lipinski definition) is 16. The molecule has 21 atom stereocenters. The van der Waals surface area contributed by atoms with Crippen molar-refractivity contribution in [3.05, 3.63) is 0 Å². The zero-order valence-electron chi connectivity index (χ0n) is 36.4. The third-order valence-electron chi connectivity index (χ3n) is 17.1. The van der Waals surface area contributed by atoms with Crippen molar-refractivity contribution in [3.8, 4) is 0 Å². The molecule has 0 bridgehead atoms. The normalized spacial score (nSPS) is 50.0. The number of aliphatic hydroxyl groups excluding tert-OH is 6. The molecule has 6 N–H and O–H groups in total. The van der Waals surface area contributed by atoms with Crippen LogP contribution in [-0.4, -0.2) is 141 Å². The first kappa shape index (κ1) is 46.0. The van der Waals surface area contributed by atoms with E-state index in [-0.39, 0.29) is 64.9 Å². The van der Waals surface area contributed by atoms with Crippen LogP contribution in [-0.2, 0) is 47.5 Å². The molecule has 7 aliphatic rings. The summed E-state index contributed by atoms with van der Waals surface area (Å²) in [6, 6.07) is 0. The zero-order chi connectivity index (χ0) is 43.9. The standard InChI is InChI=1S/C44H70O16/c1-20-15-24(57-38(20)53)16-26(56-23(4)46)21(2)25-9-10-29-42(7)13-12-30(41(5,6)28(42)11-14-43(29,8)44(25)17-31(47)54-19-44)59-40-37(35(51)33(49)27(18-45)58-40)60-39-36(52)34(50)32(48)22(3)55-39/h20-22,24-30,32-37,39-40,45,48-52H,9-19H2,1-8H3. The van der Waals surface area contributed by atoms with Crippen molar-refractivity contribution >= 4 is 17.9 Å². The Morgan fingerprint density at radius 3 is 2.18 bits per heavy atom. The Morgan fingerprint density at radius 2 is 1.57 bits per heavy atom. The minimum absolute atomic E-state index is 0.00225. The molecule has 4 aliphatic heterocycles. The van der Waals surface area contributed by atoms with Gasteiger partial charge < -0.3 is 63.8 Å². The third-order valence-corrected chi connectivity index (χ3v) is 17.1. The number of carbonyl (C=O) groups excluding carboxylic acids is 3. The van der Waals surface area contributed by atoms with Gasteiger partial charge in [0.1, 0.15) is 54.9 Å². The van der Waals surface area contributed by atoms with E-state index in [0.29, 0.717) is 25.9 Å². The van der Waals surface area contributed by atoms with Crippen molar-refractivity contribution in [3.63, 3.8) is 0 Å². The lowest BCUT2D eigenvalue weighted by Crippen LogP contribution is -2.67. The summed E-state index contributed by atoms with van der Waals surface area (Å²) >= 11 is 0. The van der Waals surface area contributed by atoms with Gasteiger partial charge in [0.2, 0.25) is 0 Å². The Morgan fingerprint density at radius 1 is 0.850 bits per heavy atom. The van der Waals surface area contributed by atoms with E-state index >= 15 is 0 Å². The summed E-state index contributed by atoms with van der Waals surface area (Å²) in [7, 11) is 0. The number of esters is 3. The van der Waals surface area contributed by atoms with Crippen molar-refractivity contribution in [2.24, 2.45) is 51.2 Å². The quantitative estimate of drug-likeness (QED) is 0.105. The minimum atomic E-state index is -1.68. The molecule has 3 saturated carbocycles. The molecule has 4 saturated heterocycles. The molecule has 16 nitrogen and oxygen atoms in total. The number of hydrogen-bond donors (Lipinski definition) is 6. The van der Waals surface area contributed by atoms with Gasteiger partial charge in [0.25, 0.3) is 0 Å². The molecule has 4 heterocycles. The highest BCUT2D eigenvalue weighted by Gasteiger charge is 2.71. The molecule has 60 heavy (non-hydrogen) atoms. The highest BCUT2D eigenvalue weighted by atomic mass is 16.8. The van der Waals surface area contributed by atoms with Crippen molar-refractivity contribution in [2.45, 2.75) is 193 Å². The average molecular weight is 855 g/mol. The van der Waals surface area contributed by atoms with Gasteiger partial charge in [-0.1, -0.05) is 41.5 Å². The van der Waals surface area contributed by atoms with Gasteiger partial charge in [-0.05, 0) is 91.8 Å². The summed E-state index contributed by atoms with van der Waals surface area (Å²) in [5, 5.41) is 63.8. The fourth-order valence-corrected chi connectivity index (χ4v) is 13.8. The smallest absolute Gasteiger partial charge is 0.309 e. The second kappa shape index (κ2) is 16.9. The van der Waals surface area contributed by atoms with Crippen LogP contribution in [0.25, 0.3) is 0 Å². The van der Waals surface area contributed by atoms with Crippen LogP contribution in [0.4, 0.5) is 0 Å². The molecule has 0 aromatic heterocycles.